The van der Waals surface area contributed by atoms with Gasteiger partial charge in [-0.3, -0.25) is 4.79 Å². The molecular formula is C12H21NO2. The van der Waals surface area contributed by atoms with Gasteiger partial charge in [0.1, 0.15) is 6.04 Å². The second-order valence-corrected chi connectivity index (χ2v) is 4.78. The van der Waals surface area contributed by atoms with Crippen LogP contribution in [0.15, 0.2) is 0 Å². The van der Waals surface area contributed by atoms with Crippen molar-refractivity contribution in [1.29, 1.82) is 0 Å². The van der Waals surface area contributed by atoms with Crippen molar-refractivity contribution in [2.45, 2.75) is 51.0 Å². The molecule has 3 nitrogen and oxygen atoms in total. The number of esters is 1. The van der Waals surface area contributed by atoms with Gasteiger partial charge in [-0.2, -0.15) is 0 Å². The van der Waals surface area contributed by atoms with Gasteiger partial charge in [0, 0.05) is 0 Å². The van der Waals surface area contributed by atoms with Gasteiger partial charge in [-0.15, -0.1) is 0 Å². The van der Waals surface area contributed by atoms with E-state index in [0.717, 1.165) is 19.4 Å². The molecule has 2 rings (SSSR count). The van der Waals surface area contributed by atoms with E-state index < -0.39 is 0 Å². The van der Waals surface area contributed by atoms with Crippen LogP contribution in [0.25, 0.3) is 0 Å². The summed E-state index contributed by atoms with van der Waals surface area (Å²) in [6.45, 7) is 1.61. The maximum atomic E-state index is 11.7. The van der Waals surface area contributed by atoms with Gasteiger partial charge >= 0.3 is 5.97 Å². The molecule has 0 spiro atoms. The van der Waals surface area contributed by atoms with Crippen LogP contribution in [0.4, 0.5) is 0 Å². The van der Waals surface area contributed by atoms with Crippen molar-refractivity contribution < 1.29 is 9.53 Å². The van der Waals surface area contributed by atoms with Crippen molar-refractivity contribution in [1.82, 2.24) is 5.32 Å². The fourth-order valence-electron chi connectivity index (χ4n) is 2.53. The second kappa shape index (κ2) is 5.50. The van der Waals surface area contributed by atoms with Gasteiger partial charge in [-0.25, -0.2) is 0 Å². The summed E-state index contributed by atoms with van der Waals surface area (Å²) in [6.07, 6.45) is 8.39. The summed E-state index contributed by atoms with van der Waals surface area (Å²) in [7, 11) is 0. The Morgan fingerprint density at radius 2 is 1.87 bits per heavy atom. The highest BCUT2D eigenvalue weighted by atomic mass is 16.5. The molecule has 0 radical (unpaired) electrons. The molecule has 1 saturated carbocycles. The van der Waals surface area contributed by atoms with E-state index in [2.05, 4.69) is 5.32 Å². The van der Waals surface area contributed by atoms with Crippen LogP contribution in [0, 0.1) is 5.92 Å². The van der Waals surface area contributed by atoms with Crippen LogP contribution in [0.3, 0.4) is 0 Å². The molecule has 15 heavy (non-hydrogen) atoms. The van der Waals surface area contributed by atoms with Crippen LogP contribution in [0.5, 0.6) is 0 Å². The van der Waals surface area contributed by atoms with Crippen LogP contribution in [-0.4, -0.2) is 25.2 Å². The second-order valence-electron chi connectivity index (χ2n) is 4.78. The highest BCUT2D eigenvalue weighted by Gasteiger charge is 2.23. The van der Waals surface area contributed by atoms with E-state index in [4.69, 9.17) is 4.74 Å². The zero-order chi connectivity index (χ0) is 10.5. The molecule has 1 heterocycles. The van der Waals surface area contributed by atoms with Crippen molar-refractivity contribution >= 4 is 5.97 Å². The Morgan fingerprint density at radius 1 is 1.13 bits per heavy atom. The maximum absolute atomic E-state index is 11.7. The standard InChI is InChI=1S/C12H21NO2/c14-12(11-7-3-4-8-13-11)15-9-10-5-1-2-6-10/h10-11,13H,1-9H2. The predicted molar refractivity (Wildman–Crippen MR) is 58.6 cm³/mol. The monoisotopic (exact) mass is 211 g/mol. The third kappa shape index (κ3) is 3.20. The van der Waals surface area contributed by atoms with E-state index in [1.807, 2.05) is 0 Å². The van der Waals surface area contributed by atoms with Crippen LogP contribution < -0.4 is 5.32 Å². The van der Waals surface area contributed by atoms with E-state index in [1.165, 1.54) is 32.1 Å². The molecule has 1 atom stereocenters. The van der Waals surface area contributed by atoms with Crippen molar-refractivity contribution in [2.24, 2.45) is 5.92 Å². The molecule has 0 aromatic carbocycles. The Morgan fingerprint density at radius 3 is 2.53 bits per heavy atom. The summed E-state index contributed by atoms with van der Waals surface area (Å²) >= 11 is 0. The van der Waals surface area contributed by atoms with E-state index in [9.17, 15) is 4.79 Å². The average Bonchev–Trinajstić information content (AvgIpc) is 2.80. The number of hydrogen-bond donors (Lipinski definition) is 1. The lowest BCUT2D eigenvalue weighted by atomic mass is 10.1. The topological polar surface area (TPSA) is 38.3 Å². The first kappa shape index (κ1) is 10.9. The summed E-state index contributed by atoms with van der Waals surface area (Å²) in [5.41, 5.74) is 0. The van der Waals surface area contributed by atoms with E-state index in [1.54, 1.807) is 0 Å². The number of ether oxygens (including phenoxy) is 1. The number of piperidine rings is 1. The first-order valence-corrected chi connectivity index (χ1v) is 6.26. The lowest BCUT2D eigenvalue weighted by Crippen LogP contribution is -2.41. The van der Waals surface area contributed by atoms with Crippen LogP contribution in [0.2, 0.25) is 0 Å². The number of hydrogen-bond acceptors (Lipinski definition) is 3. The molecular weight excluding hydrogens is 190 g/mol. The first-order chi connectivity index (χ1) is 7.36. The summed E-state index contributed by atoms with van der Waals surface area (Å²) in [4.78, 5) is 11.7. The van der Waals surface area contributed by atoms with Gasteiger partial charge in [-0.05, 0) is 38.1 Å². The van der Waals surface area contributed by atoms with Gasteiger partial charge in [0.15, 0.2) is 0 Å². The minimum absolute atomic E-state index is 0.0263. The van der Waals surface area contributed by atoms with Gasteiger partial charge in [0.25, 0.3) is 0 Å². The van der Waals surface area contributed by atoms with Crippen molar-refractivity contribution in [3.8, 4) is 0 Å². The van der Waals surface area contributed by atoms with Crippen LogP contribution >= 0.6 is 0 Å². The number of carbonyl (C=O) groups excluding carboxylic acids is 1. The average molecular weight is 211 g/mol. The summed E-state index contributed by atoms with van der Waals surface area (Å²) in [5.74, 6) is 0.610. The molecule has 2 aliphatic rings. The molecule has 1 N–H and O–H groups in total. The van der Waals surface area contributed by atoms with Gasteiger partial charge in [0.05, 0.1) is 6.61 Å². The summed E-state index contributed by atoms with van der Waals surface area (Å²) < 4.78 is 5.36. The number of nitrogens with one attached hydrogen (secondary N) is 1. The Hall–Kier alpha value is -0.570. The zero-order valence-electron chi connectivity index (χ0n) is 9.34. The molecule has 0 amide bonds. The summed E-state index contributed by atoms with van der Waals surface area (Å²) in [5, 5.41) is 3.22. The molecule has 1 aliphatic heterocycles. The molecule has 1 saturated heterocycles. The Balaban J connectivity index is 1.66. The summed E-state index contributed by atoms with van der Waals surface area (Å²) in [6, 6.07) is -0.0276. The molecule has 0 aromatic rings. The quantitative estimate of drug-likeness (QED) is 0.724. The fraction of sp³-hybridized carbons (Fsp3) is 0.917. The smallest absolute Gasteiger partial charge is 0.323 e. The SMILES string of the molecule is O=C(OCC1CCCC1)C1CCCCN1. The van der Waals surface area contributed by atoms with Gasteiger partial charge in [0.2, 0.25) is 0 Å². The maximum Gasteiger partial charge on any atom is 0.323 e. The van der Waals surface area contributed by atoms with E-state index >= 15 is 0 Å². The van der Waals surface area contributed by atoms with E-state index in [0.29, 0.717) is 12.5 Å². The molecule has 1 aliphatic carbocycles. The predicted octanol–water partition coefficient (Wildman–Crippen LogP) is 1.86. The zero-order valence-corrected chi connectivity index (χ0v) is 9.34. The lowest BCUT2D eigenvalue weighted by molar-refractivity contribution is -0.148. The van der Waals surface area contributed by atoms with Crippen LogP contribution in [-0.2, 0) is 9.53 Å². The molecule has 0 aromatic heterocycles. The first-order valence-electron chi connectivity index (χ1n) is 6.26. The Bertz CT molecular complexity index is 206. The van der Waals surface area contributed by atoms with E-state index in [-0.39, 0.29) is 12.0 Å². The molecule has 2 fully saturated rings. The third-order valence-corrected chi connectivity index (χ3v) is 3.53. The molecule has 86 valence electrons. The minimum Gasteiger partial charge on any atom is -0.464 e. The molecule has 1 unspecified atom stereocenters. The van der Waals surface area contributed by atoms with Gasteiger partial charge < -0.3 is 10.1 Å². The minimum atomic E-state index is -0.0276. The van der Waals surface area contributed by atoms with Crippen molar-refractivity contribution in [2.75, 3.05) is 13.2 Å². The number of rotatable bonds is 3. The van der Waals surface area contributed by atoms with Crippen molar-refractivity contribution in [3.63, 3.8) is 0 Å². The highest BCUT2D eigenvalue weighted by Crippen LogP contribution is 2.24. The fourth-order valence-corrected chi connectivity index (χ4v) is 2.53. The Labute approximate surface area is 91.6 Å². The van der Waals surface area contributed by atoms with Gasteiger partial charge in [-0.1, -0.05) is 19.3 Å². The van der Waals surface area contributed by atoms with Crippen molar-refractivity contribution in [3.05, 3.63) is 0 Å². The molecule has 3 heteroatoms. The normalized spacial score (nSPS) is 27.9. The Kier molecular flexibility index (Phi) is 4.01. The third-order valence-electron chi connectivity index (χ3n) is 3.53. The molecule has 0 bridgehead atoms. The highest BCUT2D eigenvalue weighted by molar-refractivity contribution is 5.75. The van der Waals surface area contributed by atoms with Crippen LogP contribution in [0.1, 0.15) is 44.9 Å². The lowest BCUT2D eigenvalue weighted by Gasteiger charge is -2.22. The number of carbonyl (C=O) groups is 1. The largest absolute Gasteiger partial charge is 0.464 e.